The van der Waals surface area contributed by atoms with Crippen molar-refractivity contribution in [2.45, 2.75) is 26.3 Å². The van der Waals surface area contributed by atoms with Crippen molar-refractivity contribution < 1.29 is 0 Å². The molecule has 0 bridgehead atoms. The van der Waals surface area contributed by atoms with Crippen LogP contribution in [0.2, 0.25) is 0 Å². The minimum absolute atomic E-state index is 0.258. The molecule has 1 atom stereocenters. The second-order valence-corrected chi connectivity index (χ2v) is 4.12. The Kier molecular flexibility index (Phi) is 4.99. The number of aliphatic imine (C=N–C) groups is 1. The van der Waals surface area contributed by atoms with E-state index in [2.05, 4.69) is 36.3 Å². The Labute approximate surface area is 97.8 Å². The van der Waals surface area contributed by atoms with E-state index in [1.165, 1.54) is 5.56 Å². The first-order valence-electron chi connectivity index (χ1n) is 5.68. The van der Waals surface area contributed by atoms with Crippen LogP contribution in [-0.2, 0) is 0 Å². The molecule has 0 aromatic heterocycles. The van der Waals surface area contributed by atoms with Crippen LogP contribution < -0.4 is 11.1 Å². The van der Waals surface area contributed by atoms with E-state index in [1.54, 1.807) is 0 Å². The van der Waals surface area contributed by atoms with Crippen LogP contribution in [0.4, 0.5) is 0 Å². The third-order valence-electron chi connectivity index (χ3n) is 2.52. The topological polar surface area (TPSA) is 50.4 Å². The van der Waals surface area contributed by atoms with Gasteiger partial charge in [0.1, 0.15) is 5.84 Å². The van der Waals surface area contributed by atoms with Crippen LogP contribution in [0.5, 0.6) is 0 Å². The molecule has 0 spiro atoms. The number of rotatable bonds is 5. The fourth-order valence-electron chi connectivity index (χ4n) is 1.45. The second-order valence-electron chi connectivity index (χ2n) is 4.12. The lowest BCUT2D eigenvalue weighted by Gasteiger charge is -2.08. The van der Waals surface area contributed by atoms with E-state index in [4.69, 9.17) is 5.73 Å². The predicted octanol–water partition coefficient (Wildman–Crippen LogP) is 1.70. The van der Waals surface area contributed by atoms with Gasteiger partial charge in [0.25, 0.3) is 0 Å². The van der Waals surface area contributed by atoms with Gasteiger partial charge in [0.05, 0.1) is 6.04 Å². The van der Waals surface area contributed by atoms with Crippen molar-refractivity contribution in [1.82, 2.24) is 5.32 Å². The monoisotopic (exact) mass is 219 g/mol. The van der Waals surface area contributed by atoms with Gasteiger partial charge in [0.2, 0.25) is 0 Å². The van der Waals surface area contributed by atoms with E-state index in [0.29, 0.717) is 5.84 Å². The van der Waals surface area contributed by atoms with Crippen molar-refractivity contribution in [3.63, 3.8) is 0 Å². The van der Waals surface area contributed by atoms with Crippen molar-refractivity contribution in [2.24, 2.45) is 10.7 Å². The number of nitrogens with zero attached hydrogens (tertiary/aromatic N) is 1. The highest BCUT2D eigenvalue weighted by atomic mass is 14.9. The van der Waals surface area contributed by atoms with Gasteiger partial charge in [-0.15, -0.1) is 0 Å². The van der Waals surface area contributed by atoms with E-state index in [1.807, 2.05) is 19.2 Å². The van der Waals surface area contributed by atoms with Gasteiger partial charge in [0.15, 0.2) is 0 Å². The highest BCUT2D eigenvalue weighted by Crippen LogP contribution is 2.04. The summed E-state index contributed by atoms with van der Waals surface area (Å²) < 4.78 is 0. The van der Waals surface area contributed by atoms with E-state index in [0.717, 1.165) is 18.5 Å². The molecule has 0 saturated heterocycles. The lowest BCUT2D eigenvalue weighted by atomic mass is 10.1. The lowest BCUT2D eigenvalue weighted by molar-refractivity contribution is 0.629. The van der Waals surface area contributed by atoms with E-state index in [-0.39, 0.29) is 6.04 Å². The summed E-state index contributed by atoms with van der Waals surface area (Å²) in [5.74, 6) is 0.628. The predicted molar refractivity (Wildman–Crippen MR) is 69.9 cm³/mol. The summed E-state index contributed by atoms with van der Waals surface area (Å²) in [4.78, 5) is 4.47. The normalized spacial score (nSPS) is 13.8. The number of hydrogen-bond donors (Lipinski definition) is 2. The summed E-state index contributed by atoms with van der Waals surface area (Å²) in [7, 11) is 1.94. The summed E-state index contributed by atoms with van der Waals surface area (Å²) in [5, 5.41) is 3.11. The summed E-state index contributed by atoms with van der Waals surface area (Å²) in [6.45, 7) is 5.11. The minimum atomic E-state index is 0.258. The maximum Gasteiger partial charge on any atom is 0.125 e. The maximum absolute atomic E-state index is 5.95. The third kappa shape index (κ3) is 4.03. The van der Waals surface area contributed by atoms with Crippen LogP contribution in [-0.4, -0.2) is 25.5 Å². The molecule has 0 aliphatic heterocycles. The first-order valence-corrected chi connectivity index (χ1v) is 5.68. The standard InChI is InChI=1S/C13H21N3/c1-10-4-6-12(7-5-10)13(14)16-11(2)8-9-15-3/h4-7,11,15H,8-9H2,1-3H3,(H2,14,16). The highest BCUT2D eigenvalue weighted by molar-refractivity contribution is 5.97. The van der Waals surface area contributed by atoms with Gasteiger partial charge in [-0.25, -0.2) is 0 Å². The van der Waals surface area contributed by atoms with Gasteiger partial charge < -0.3 is 11.1 Å². The van der Waals surface area contributed by atoms with Gasteiger partial charge in [-0.1, -0.05) is 29.8 Å². The minimum Gasteiger partial charge on any atom is -0.383 e. The molecule has 0 radical (unpaired) electrons. The number of nitrogens with two attached hydrogens (primary N) is 1. The van der Waals surface area contributed by atoms with Crippen molar-refractivity contribution in [1.29, 1.82) is 0 Å². The molecule has 0 fully saturated rings. The number of nitrogens with one attached hydrogen (secondary N) is 1. The van der Waals surface area contributed by atoms with Crippen LogP contribution in [0, 0.1) is 6.92 Å². The molecule has 0 aliphatic rings. The van der Waals surface area contributed by atoms with Crippen LogP contribution >= 0.6 is 0 Å². The van der Waals surface area contributed by atoms with Crippen molar-refractivity contribution in [3.8, 4) is 0 Å². The molecular formula is C13H21N3. The largest absolute Gasteiger partial charge is 0.383 e. The first-order chi connectivity index (χ1) is 7.63. The molecule has 1 unspecified atom stereocenters. The molecule has 0 amide bonds. The van der Waals surface area contributed by atoms with Crippen molar-refractivity contribution >= 4 is 5.84 Å². The Balaban J connectivity index is 2.65. The molecule has 1 aromatic carbocycles. The SMILES string of the molecule is CNCCC(C)N=C(N)c1ccc(C)cc1. The van der Waals surface area contributed by atoms with E-state index < -0.39 is 0 Å². The molecule has 0 heterocycles. The smallest absolute Gasteiger partial charge is 0.125 e. The number of benzene rings is 1. The molecule has 3 nitrogen and oxygen atoms in total. The average molecular weight is 219 g/mol. The Morgan fingerprint density at radius 1 is 1.38 bits per heavy atom. The summed E-state index contributed by atoms with van der Waals surface area (Å²) >= 11 is 0. The van der Waals surface area contributed by atoms with Gasteiger partial charge in [-0.2, -0.15) is 0 Å². The molecule has 3 N–H and O–H groups in total. The van der Waals surface area contributed by atoms with Crippen LogP contribution in [0.15, 0.2) is 29.3 Å². The zero-order valence-corrected chi connectivity index (χ0v) is 10.3. The summed E-state index contributed by atoms with van der Waals surface area (Å²) in [5.41, 5.74) is 8.18. The average Bonchev–Trinajstić information content (AvgIpc) is 2.27. The third-order valence-corrected chi connectivity index (χ3v) is 2.52. The lowest BCUT2D eigenvalue weighted by Crippen LogP contribution is -2.19. The molecule has 1 rings (SSSR count). The van der Waals surface area contributed by atoms with Gasteiger partial charge in [0, 0.05) is 5.56 Å². The number of amidine groups is 1. The fraction of sp³-hybridized carbons (Fsp3) is 0.462. The van der Waals surface area contributed by atoms with Crippen LogP contribution in [0.25, 0.3) is 0 Å². The Morgan fingerprint density at radius 2 is 2.00 bits per heavy atom. The summed E-state index contributed by atoms with van der Waals surface area (Å²) in [6, 6.07) is 8.39. The fourth-order valence-corrected chi connectivity index (χ4v) is 1.45. The Morgan fingerprint density at radius 3 is 2.56 bits per heavy atom. The summed E-state index contributed by atoms with van der Waals surface area (Å²) in [6.07, 6.45) is 1.00. The van der Waals surface area contributed by atoms with Gasteiger partial charge in [-0.3, -0.25) is 4.99 Å². The van der Waals surface area contributed by atoms with Crippen molar-refractivity contribution in [2.75, 3.05) is 13.6 Å². The first kappa shape index (κ1) is 12.7. The van der Waals surface area contributed by atoms with Gasteiger partial charge in [-0.05, 0) is 33.9 Å². The second kappa shape index (κ2) is 6.28. The highest BCUT2D eigenvalue weighted by Gasteiger charge is 2.02. The van der Waals surface area contributed by atoms with E-state index in [9.17, 15) is 0 Å². The zero-order chi connectivity index (χ0) is 12.0. The molecule has 16 heavy (non-hydrogen) atoms. The molecule has 88 valence electrons. The Hall–Kier alpha value is -1.35. The Bertz CT molecular complexity index is 341. The van der Waals surface area contributed by atoms with Crippen LogP contribution in [0.3, 0.4) is 0 Å². The number of hydrogen-bond acceptors (Lipinski definition) is 2. The quantitative estimate of drug-likeness (QED) is 0.585. The van der Waals surface area contributed by atoms with Crippen LogP contribution in [0.1, 0.15) is 24.5 Å². The zero-order valence-electron chi connectivity index (χ0n) is 10.3. The molecule has 1 aromatic rings. The molecule has 3 heteroatoms. The van der Waals surface area contributed by atoms with Crippen molar-refractivity contribution in [3.05, 3.63) is 35.4 Å². The maximum atomic E-state index is 5.95. The van der Waals surface area contributed by atoms with Gasteiger partial charge >= 0.3 is 0 Å². The number of aryl methyl sites for hydroxylation is 1. The molecule has 0 saturated carbocycles. The molecule has 0 aliphatic carbocycles. The molecular weight excluding hydrogens is 198 g/mol. The van der Waals surface area contributed by atoms with E-state index >= 15 is 0 Å².